The second-order valence-electron chi connectivity index (χ2n) is 4.48. The summed E-state index contributed by atoms with van der Waals surface area (Å²) in [5.41, 5.74) is 1.80. The Labute approximate surface area is 126 Å². The van der Waals surface area contributed by atoms with E-state index in [1.165, 1.54) is 0 Å². The van der Waals surface area contributed by atoms with Gasteiger partial charge in [0.15, 0.2) is 11.5 Å². The standard InChI is InChI=1S/C16H18O4S/c1-19-15-8-7-14(9-16(15)20-2)21(18)11-13-5-3-12(10-17)4-6-13/h3-9,17H,10-11H2,1-2H3/t21-/m1/s1. The van der Waals surface area contributed by atoms with Gasteiger partial charge in [0.1, 0.15) is 0 Å². The summed E-state index contributed by atoms with van der Waals surface area (Å²) in [6.45, 7) is 0.0129. The molecule has 0 fully saturated rings. The average molecular weight is 306 g/mol. The summed E-state index contributed by atoms with van der Waals surface area (Å²) in [6, 6.07) is 12.7. The lowest BCUT2D eigenvalue weighted by Crippen LogP contribution is -1.98. The fourth-order valence-electron chi connectivity index (χ4n) is 1.93. The van der Waals surface area contributed by atoms with E-state index in [2.05, 4.69) is 0 Å². The Balaban J connectivity index is 2.15. The van der Waals surface area contributed by atoms with Gasteiger partial charge in [-0.3, -0.25) is 4.21 Å². The third-order valence-electron chi connectivity index (χ3n) is 3.12. The van der Waals surface area contributed by atoms with Gasteiger partial charge in [0, 0.05) is 11.0 Å². The monoisotopic (exact) mass is 306 g/mol. The molecule has 0 bridgehead atoms. The molecule has 0 aliphatic rings. The largest absolute Gasteiger partial charge is 0.493 e. The number of methoxy groups -OCH3 is 2. The maximum absolute atomic E-state index is 12.4. The van der Waals surface area contributed by atoms with Gasteiger partial charge in [-0.1, -0.05) is 24.3 Å². The molecule has 0 spiro atoms. The Hall–Kier alpha value is -1.85. The number of rotatable bonds is 6. The van der Waals surface area contributed by atoms with Gasteiger partial charge in [0.25, 0.3) is 0 Å². The van der Waals surface area contributed by atoms with Crippen molar-refractivity contribution in [3.63, 3.8) is 0 Å². The predicted molar refractivity (Wildman–Crippen MR) is 82.0 cm³/mol. The highest BCUT2D eigenvalue weighted by Gasteiger charge is 2.10. The number of hydrogen-bond acceptors (Lipinski definition) is 4. The summed E-state index contributed by atoms with van der Waals surface area (Å²) in [7, 11) is 1.96. The molecule has 0 saturated heterocycles. The minimum atomic E-state index is -1.16. The highest BCUT2D eigenvalue weighted by atomic mass is 32.2. The van der Waals surface area contributed by atoms with Gasteiger partial charge in [-0.25, -0.2) is 0 Å². The average Bonchev–Trinajstić information content (AvgIpc) is 2.54. The Morgan fingerprint density at radius 3 is 2.14 bits per heavy atom. The van der Waals surface area contributed by atoms with Gasteiger partial charge in [-0.15, -0.1) is 0 Å². The molecule has 1 atom stereocenters. The van der Waals surface area contributed by atoms with Crippen LogP contribution in [0.15, 0.2) is 47.4 Å². The van der Waals surface area contributed by atoms with Crippen molar-refractivity contribution in [3.8, 4) is 11.5 Å². The first-order chi connectivity index (χ1) is 10.2. The second-order valence-corrected chi connectivity index (χ2v) is 5.93. The van der Waals surface area contributed by atoms with Crippen molar-refractivity contribution in [1.82, 2.24) is 0 Å². The zero-order valence-corrected chi connectivity index (χ0v) is 12.9. The minimum Gasteiger partial charge on any atom is -0.493 e. The molecule has 0 aliphatic heterocycles. The smallest absolute Gasteiger partial charge is 0.161 e. The van der Waals surface area contributed by atoms with Crippen LogP contribution in [-0.2, 0) is 23.2 Å². The van der Waals surface area contributed by atoms with E-state index in [9.17, 15) is 4.21 Å². The first kappa shape index (κ1) is 15.5. The van der Waals surface area contributed by atoms with Gasteiger partial charge in [-0.05, 0) is 23.3 Å². The Kier molecular flexibility index (Phi) is 5.36. The van der Waals surface area contributed by atoms with Crippen LogP contribution in [0, 0.1) is 0 Å². The first-order valence-electron chi connectivity index (χ1n) is 6.47. The van der Waals surface area contributed by atoms with Gasteiger partial charge in [0.05, 0.1) is 37.4 Å². The highest BCUT2D eigenvalue weighted by molar-refractivity contribution is 7.84. The van der Waals surface area contributed by atoms with Gasteiger partial charge in [-0.2, -0.15) is 0 Å². The van der Waals surface area contributed by atoms with E-state index in [0.717, 1.165) is 11.1 Å². The van der Waals surface area contributed by atoms with E-state index in [1.807, 2.05) is 24.3 Å². The van der Waals surface area contributed by atoms with Crippen molar-refractivity contribution in [2.45, 2.75) is 17.3 Å². The predicted octanol–water partition coefficient (Wildman–Crippen LogP) is 2.50. The summed E-state index contributed by atoms with van der Waals surface area (Å²) in [5.74, 6) is 1.60. The van der Waals surface area contributed by atoms with Gasteiger partial charge in [0.2, 0.25) is 0 Å². The number of benzene rings is 2. The lowest BCUT2D eigenvalue weighted by Gasteiger charge is -2.09. The van der Waals surface area contributed by atoms with Crippen molar-refractivity contribution in [1.29, 1.82) is 0 Å². The second kappa shape index (κ2) is 7.24. The molecule has 0 unspecified atom stereocenters. The fourth-order valence-corrected chi connectivity index (χ4v) is 3.05. The number of ether oxygens (including phenoxy) is 2. The third kappa shape index (κ3) is 3.83. The highest BCUT2D eigenvalue weighted by Crippen LogP contribution is 2.29. The third-order valence-corrected chi connectivity index (χ3v) is 4.50. The Bertz CT molecular complexity index is 623. The van der Waals surface area contributed by atoms with E-state index in [0.29, 0.717) is 22.1 Å². The summed E-state index contributed by atoms with van der Waals surface area (Å²) in [5, 5.41) is 9.01. The molecule has 0 saturated carbocycles. The molecule has 4 nitrogen and oxygen atoms in total. The van der Waals surface area contributed by atoms with Gasteiger partial charge < -0.3 is 14.6 Å². The quantitative estimate of drug-likeness (QED) is 0.891. The molecule has 21 heavy (non-hydrogen) atoms. The molecular formula is C16H18O4S. The van der Waals surface area contributed by atoms with Crippen LogP contribution >= 0.6 is 0 Å². The topological polar surface area (TPSA) is 55.8 Å². The van der Waals surface area contributed by atoms with Crippen molar-refractivity contribution in [2.75, 3.05) is 14.2 Å². The first-order valence-corrected chi connectivity index (χ1v) is 7.79. The molecule has 2 rings (SSSR count). The molecule has 0 amide bonds. The summed E-state index contributed by atoms with van der Waals surface area (Å²) < 4.78 is 22.8. The summed E-state index contributed by atoms with van der Waals surface area (Å²) >= 11 is 0. The molecule has 112 valence electrons. The molecule has 2 aromatic rings. The van der Waals surface area contributed by atoms with Gasteiger partial charge >= 0.3 is 0 Å². The van der Waals surface area contributed by atoms with Crippen LogP contribution in [0.4, 0.5) is 0 Å². The van der Waals surface area contributed by atoms with Crippen molar-refractivity contribution in [3.05, 3.63) is 53.6 Å². The number of aliphatic hydroxyl groups is 1. The molecule has 0 aliphatic carbocycles. The zero-order valence-electron chi connectivity index (χ0n) is 12.0. The van der Waals surface area contributed by atoms with E-state index in [1.54, 1.807) is 32.4 Å². The summed E-state index contributed by atoms with van der Waals surface area (Å²) in [4.78, 5) is 0.693. The zero-order chi connectivity index (χ0) is 15.2. The maximum Gasteiger partial charge on any atom is 0.161 e. The molecule has 0 radical (unpaired) electrons. The molecule has 2 aromatic carbocycles. The van der Waals surface area contributed by atoms with Crippen LogP contribution in [-0.4, -0.2) is 23.5 Å². The van der Waals surface area contributed by atoms with Crippen LogP contribution in [0.25, 0.3) is 0 Å². The molecule has 5 heteroatoms. The molecule has 1 N–H and O–H groups in total. The molecular weight excluding hydrogens is 288 g/mol. The van der Waals surface area contributed by atoms with E-state index < -0.39 is 10.8 Å². The van der Waals surface area contributed by atoms with Crippen molar-refractivity contribution < 1.29 is 18.8 Å². The molecule has 0 aromatic heterocycles. The van der Waals surface area contributed by atoms with Crippen LogP contribution in [0.3, 0.4) is 0 Å². The lowest BCUT2D eigenvalue weighted by molar-refractivity contribution is 0.282. The van der Waals surface area contributed by atoms with Crippen LogP contribution in [0.5, 0.6) is 11.5 Å². The minimum absolute atomic E-state index is 0.0129. The Morgan fingerprint density at radius 1 is 0.952 bits per heavy atom. The maximum atomic E-state index is 12.4. The Morgan fingerprint density at radius 2 is 1.57 bits per heavy atom. The van der Waals surface area contributed by atoms with Crippen LogP contribution in [0.1, 0.15) is 11.1 Å². The number of hydrogen-bond donors (Lipinski definition) is 1. The van der Waals surface area contributed by atoms with E-state index in [-0.39, 0.29) is 6.61 Å². The van der Waals surface area contributed by atoms with Crippen LogP contribution in [0.2, 0.25) is 0 Å². The normalized spacial score (nSPS) is 12.0. The van der Waals surface area contributed by atoms with E-state index in [4.69, 9.17) is 14.6 Å². The molecule has 0 heterocycles. The van der Waals surface area contributed by atoms with Crippen molar-refractivity contribution >= 4 is 10.8 Å². The lowest BCUT2D eigenvalue weighted by atomic mass is 10.2. The van der Waals surface area contributed by atoms with Crippen molar-refractivity contribution in [2.24, 2.45) is 0 Å². The van der Waals surface area contributed by atoms with Crippen LogP contribution < -0.4 is 9.47 Å². The summed E-state index contributed by atoms with van der Waals surface area (Å²) in [6.07, 6.45) is 0. The SMILES string of the molecule is COc1ccc([S@](=O)Cc2ccc(CO)cc2)cc1OC. The fraction of sp³-hybridized carbons (Fsp3) is 0.250. The number of aliphatic hydroxyl groups excluding tert-OH is 1. The van der Waals surface area contributed by atoms with E-state index >= 15 is 0 Å².